The van der Waals surface area contributed by atoms with Crippen LogP contribution in [0.25, 0.3) is 10.9 Å². The molecule has 1 aromatic heterocycles. The van der Waals surface area contributed by atoms with Crippen molar-refractivity contribution in [3.05, 3.63) is 58.8 Å². The van der Waals surface area contributed by atoms with E-state index in [1.807, 2.05) is 25.3 Å². The summed E-state index contributed by atoms with van der Waals surface area (Å²) in [5.41, 5.74) is 10.4. The van der Waals surface area contributed by atoms with Crippen molar-refractivity contribution in [2.24, 2.45) is 5.41 Å². The number of aromatic amines is 1. The summed E-state index contributed by atoms with van der Waals surface area (Å²) in [6, 6.07) is 8.58. The molecule has 4 N–H and O–H groups in total. The van der Waals surface area contributed by atoms with Gasteiger partial charge in [-0.15, -0.1) is 0 Å². The molecular formula is C26H29F2N3O3. The molecule has 1 atom stereocenters. The Morgan fingerprint density at radius 2 is 2.06 bits per heavy atom. The number of carboxylic acids is 1. The monoisotopic (exact) mass is 469 g/mol. The van der Waals surface area contributed by atoms with Crippen molar-refractivity contribution in [1.82, 2.24) is 9.88 Å². The Morgan fingerprint density at radius 1 is 1.29 bits per heavy atom. The summed E-state index contributed by atoms with van der Waals surface area (Å²) in [6.45, 7) is 3.24. The molecule has 1 spiro atoms. The Bertz CT molecular complexity index is 1260. The number of hydrogen-bond acceptors (Lipinski definition) is 4. The molecule has 1 aliphatic carbocycles. The Hall–Kier alpha value is -3.13. The van der Waals surface area contributed by atoms with Crippen molar-refractivity contribution in [3.63, 3.8) is 0 Å². The maximum absolute atomic E-state index is 13.9. The van der Waals surface area contributed by atoms with E-state index in [0.29, 0.717) is 31.6 Å². The second-order valence-corrected chi connectivity index (χ2v) is 9.94. The van der Waals surface area contributed by atoms with Gasteiger partial charge in [0.1, 0.15) is 5.75 Å². The lowest BCUT2D eigenvalue weighted by atomic mass is 9.59. The van der Waals surface area contributed by atoms with Crippen molar-refractivity contribution >= 4 is 22.6 Å². The highest BCUT2D eigenvalue weighted by Gasteiger charge is 2.58. The minimum absolute atomic E-state index is 0.104. The maximum atomic E-state index is 13.9. The molecule has 2 fully saturated rings. The zero-order valence-electron chi connectivity index (χ0n) is 19.3. The summed E-state index contributed by atoms with van der Waals surface area (Å²) in [7, 11) is 1.65. The van der Waals surface area contributed by atoms with Crippen LogP contribution in [0.5, 0.6) is 5.75 Å². The van der Waals surface area contributed by atoms with Crippen molar-refractivity contribution < 1.29 is 23.4 Å². The fourth-order valence-electron chi connectivity index (χ4n) is 6.04. The number of halogens is 2. The number of carbonyl (C=O) groups is 1. The van der Waals surface area contributed by atoms with Crippen LogP contribution in [-0.2, 0) is 6.54 Å². The highest BCUT2D eigenvalue weighted by atomic mass is 19.3. The lowest BCUT2D eigenvalue weighted by molar-refractivity contribution is -0.186. The number of nitrogens with one attached hydrogen (secondary N) is 1. The molecule has 2 aliphatic rings. The topological polar surface area (TPSA) is 91.6 Å². The van der Waals surface area contributed by atoms with Gasteiger partial charge in [-0.05, 0) is 67.1 Å². The standard InChI is InChI=1S/C26H29F2N3O3/c1-15-9-22(34-2)19(17-5-7-30-23(15)17)12-31-8-6-25(13-26(27,28)14-25)11-21(31)18-4-3-16(24(32)33)10-20(18)29/h3-5,7,9-10,21,30H,6,8,11-14,29H2,1-2H3,(H,32,33)/t21-/m1/s1. The van der Waals surface area contributed by atoms with Gasteiger partial charge in [0.15, 0.2) is 0 Å². The van der Waals surface area contributed by atoms with Gasteiger partial charge >= 0.3 is 5.97 Å². The number of aryl methyl sites for hydroxylation is 1. The van der Waals surface area contributed by atoms with Gasteiger partial charge in [-0.1, -0.05) is 6.07 Å². The van der Waals surface area contributed by atoms with Crippen molar-refractivity contribution in [2.45, 2.75) is 51.1 Å². The largest absolute Gasteiger partial charge is 0.496 e. The van der Waals surface area contributed by atoms with Crippen LogP contribution in [0, 0.1) is 12.3 Å². The van der Waals surface area contributed by atoms with Gasteiger partial charge in [0, 0.05) is 53.8 Å². The van der Waals surface area contributed by atoms with E-state index >= 15 is 0 Å². The average Bonchev–Trinajstić information content (AvgIpc) is 3.26. The molecule has 0 bridgehead atoms. The number of hydrogen-bond donors (Lipinski definition) is 3. The fourth-order valence-corrected chi connectivity index (χ4v) is 6.04. The summed E-state index contributed by atoms with van der Waals surface area (Å²) >= 11 is 0. The van der Waals surface area contributed by atoms with Crippen LogP contribution in [-0.4, -0.2) is 40.5 Å². The molecule has 2 heterocycles. The van der Waals surface area contributed by atoms with Crippen LogP contribution in [0.3, 0.4) is 0 Å². The normalized spacial score (nSPS) is 21.5. The minimum Gasteiger partial charge on any atom is -0.496 e. The van der Waals surface area contributed by atoms with Gasteiger partial charge in [-0.2, -0.15) is 0 Å². The number of nitrogens with zero attached hydrogens (tertiary/aromatic N) is 1. The van der Waals surface area contributed by atoms with E-state index < -0.39 is 17.3 Å². The third kappa shape index (κ3) is 3.79. The van der Waals surface area contributed by atoms with Crippen molar-refractivity contribution in [3.8, 4) is 5.75 Å². The Kier molecular flexibility index (Phi) is 5.31. The van der Waals surface area contributed by atoms with Gasteiger partial charge in [-0.3, -0.25) is 4.90 Å². The van der Waals surface area contributed by atoms with Crippen molar-refractivity contribution in [2.75, 3.05) is 19.4 Å². The van der Waals surface area contributed by atoms with Crippen LogP contribution >= 0.6 is 0 Å². The van der Waals surface area contributed by atoms with Crippen LogP contribution in [0.1, 0.15) is 58.8 Å². The Morgan fingerprint density at radius 3 is 2.71 bits per heavy atom. The summed E-state index contributed by atoms with van der Waals surface area (Å²) < 4.78 is 33.6. The number of carboxylic acid groups (broad SMARTS) is 1. The summed E-state index contributed by atoms with van der Waals surface area (Å²) in [5.74, 6) is -2.87. The number of rotatable bonds is 5. The number of benzene rings is 2. The van der Waals surface area contributed by atoms with Crippen LogP contribution in [0.15, 0.2) is 36.5 Å². The molecule has 180 valence electrons. The molecule has 1 aliphatic heterocycles. The molecule has 5 rings (SSSR count). The number of likely N-dealkylation sites (tertiary alicyclic amines) is 1. The molecule has 1 saturated heterocycles. The number of piperidine rings is 1. The predicted molar refractivity (Wildman–Crippen MR) is 126 cm³/mol. The lowest BCUT2D eigenvalue weighted by Gasteiger charge is -2.55. The summed E-state index contributed by atoms with van der Waals surface area (Å²) in [5, 5.41) is 10.4. The Balaban J connectivity index is 1.54. The Labute approximate surface area is 196 Å². The SMILES string of the molecule is COc1cc(C)c2[nH]ccc2c1CN1CCC2(C[C@@H]1c1ccc(C(=O)O)cc1N)CC(F)(F)C2. The first-order chi connectivity index (χ1) is 16.1. The number of aromatic carboxylic acids is 1. The van der Waals surface area contributed by atoms with Gasteiger partial charge < -0.3 is 20.6 Å². The minimum atomic E-state index is -2.61. The van der Waals surface area contributed by atoms with E-state index in [9.17, 15) is 18.7 Å². The first-order valence-corrected chi connectivity index (χ1v) is 11.5. The quantitative estimate of drug-likeness (QED) is 0.428. The number of anilines is 1. The summed E-state index contributed by atoms with van der Waals surface area (Å²) in [4.78, 5) is 17.0. The number of nitrogen functional groups attached to an aromatic ring is 1. The molecule has 8 heteroatoms. The number of nitrogens with two attached hydrogens (primary N) is 1. The molecule has 34 heavy (non-hydrogen) atoms. The fraction of sp³-hybridized carbons (Fsp3) is 0.423. The highest BCUT2D eigenvalue weighted by Crippen LogP contribution is 2.61. The number of alkyl halides is 2. The second kappa shape index (κ2) is 7.98. The van der Waals surface area contributed by atoms with Gasteiger partial charge in [0.05, 0.1) is 12.7 Å². The molecule has 6 nitrogen and oxygen atoms in total. The number of methoxy groups -OCH3 is 1. The number of aromatic nitrogens is 1. The number of H-pyrrole nitrogens is 1. The molecule has 3 aromatic rings. The third-order valence-corrected chi connectivity index (χ3v) is 7.65. The van der Waals surface area contributed by atoms with E-state index in [-0.39, 0.29) is 24.4 Å². The number of ether oxygens (including phenoxy) is 1. The molecule has 2 aromatic carbocycles. The molecule has 0 amide bonds. The van der Waals surface area contributed by atoms with E-state index in [1.54, 1.807) is 19.2 Å². The molecule has 0 radical (unpaired) electrons. The zero-order valence-corrected chi connectivity index (χ0v) is 19.3. The van der Waals surface area contributed by atoms with E-state index in [2.05, 4.69) is 9.88 Å². The molecular weight excluding hydrogens is 440 g/mol. The first kappa shape index (κ1) is 22.7. The lowest BCUT2D eigenvalue weighted by Crippen LogP contribution is -2.53. The molecule has 1 saturated carbocycles. The number of fused-ring (bicyclic) bond motifs is 1. The van der Waals surface area contributed by atoms with E-state index in [0.717, 1.165) is 33.3 Å². The van der Waals surface area contributed by atoms with Crippen LogP contribution in [0.2, 0.25) is 0 Å². The van der Waals surface area contributed by atoms with E-state index in [4.69, 9.17) is 10.5 Å². The van der Waals surface area contributed by atoms with Gasteiger partial charge in [-0.25, -0.2) is 13.6 Å². The van der Waals surface area contributed by atoms with Crippen LogP contribution in [0.4, 0.5) is 14.5 Å². The van der Waals surface area contributed by atoms with Crippen molar-refractivity contribution in [1.29, 1.82) is 0 Å². The van der Waals surface area contributed by atoms with Crippen LogP contribution < -0.4 is 10.5 Å². The third-order valence-electron chi connectivity index (χ3n) is 7.65. The predicted octanol–water partition coefficient (Wildman–Crippen LogP) is 5.52. The maximum Gasteiger partial charge on any atom is 0.335 e. The highest BCUT2D eigenvalue weighted by molar-refractivity contribution is 5.89. The van der Waals surface area contributed by atoms with E-state index in [1.165, 1.54) is 6.07 Å². The molecule has 0 unspecified atom stereocenters. The van der Waals surface area contributed by atoms with Gasteiger partial charge in [0.25, 0.3) is 0 Å². The zero-order chi connectivity index (χ0) is 24.3. The average molecular weight is 470 g/mol. The smallest absolute Gasteiger partial charge is 0.335 e. The van der Waals surface area contributed by atoms with Gasteiger partial charge in [0.2, 0.25) is 5.92 Å². The summed E-state index contributed by atoms with van der Waals surface area (Å²) in [6.07, 6.45) is 2.95. The first-order valence-electron chi connectivity index (χ1n) is 11.5. The second-order valence-electron chi connectivity index (χ2n) is 9.94.